The van der Waals surface area contributed by atoms with E-state index in [2.05, 4.69) is 34.3 Å². The Balaban J connectivity index is 1.98. The van der Waals surface area contributed by atoms with Crippen LogP contribution in [0.1, 0.15) is 24.0 Å². The third kappa shape index (κ3) is 3.43. The van der Waals surface area contributed by atoms with Gasteiger partial charge < -0.3 is 10.1 Å². The Hall–Kier alpha value is -1.73. The van der Waals surface area contributed by atoms with Gasteiger partial charge in [-0.25, -0.2) is 9.67 Å². The maximum atomic E-state index is 5.01. The van der Waals surface area contributed by atoms with Crippen molar-refractivity contribution >= 4 is 0 Å². The van der Waals surface area contributed by atoms with Crippen molar-refractivity contribution in [1.82, 2.24) is 29.9 Å². The van der Waals surface area contributed by atoms with Gasteiger partial charge in [0.2, 0.25) is 0 Å². The lowest BCUT2D eigenvalue weighted by Gasteiger charge is -2.07. The van der Waals surface area contributed by atoms with Crippen molar-refractivity contribution in [3.8, 4) is 0 Å². The Bertz CT molecular complexity index is 533. The van der Waals surface area contributed by atoms with Crippen LogP contribution in [-0.4, -0.2) is 44.8 Å². The Kier molecular flexibility index (Phi) is 5.25. The molecule has 1 N–H and O–H groups in total. The standard InChI is InChI=1S/C13H22N6O/c1-4-18-13(15-10-17-18)9-19-11(2)12(8-16-19)7-14-5-6-20-3/h8,10,14H,4-7,9H2,1-3H3. The molecule has 110 valence electrons. The highest BCUT2D eigenvalue weighted by Gasteiger charge is 2.09. The average molecular weight is 278 g/mol. The smallest absolute Gasteiger partial charge is 0.148 e. The monoisotopic (exact) mass is 278 g/mol. The summed E-state index contributed by atoms with van der Waals surface area (Å²) in [4.78, 5) is 4.28. The van der Waals surface area contributed by atoms with Gasteiger partial charge in [-0.3, -0.25) is 4.68 Å². The zero-order chi connectivity index (χ0) is 14.4. The van der Waals surface area contributed by atoms with E-state index >= 15 is 0 Å². The van der Waals surface area contributed by atoms with Crippen molar-refractivity contribution in [3.05, 3.63) is 29.6 Å². The van der Waals surface area contributed by atoms with Crippen molar-refractivity contribution in [2.45, 2.75) is 33.5 Å². The zero-order valence-electron chi connectivity index (χ0n) is 12.3. The predicted molar refractivity (Wildman–Crippen MR) is 75.3 cm³/mol. The molecular formula is C13H22N6O. The lowest BCUT2D eigenvalue weighted by Crippen LogP contribution is -2.19. The van der Waals surface area contributed by atoms with E-state index in [0.29, 0.717) is 13.2 Å². The van der Waals surface area contributed by atoms with Crippen molar-refractivity contribution in [2.24, 2.45) is 0 Å². The second-order valence-corrected chi connectivity index (χ2v) is 4.57. The molecule has 0 aliphatic carbocycles. The van der Waals surface area contributed by atoms with E-state index in [1.54, 1.807) is 13.4 Å². The number of aromatic nitrogens is 5. The summed E-state index contributed by atoms with van der Waals surface area (Å²) in [5.41, 5.74) is 2.35. The number of nitrogens with one attached hydrogen (secondary N) is 1. The van der Waals surface area contributed by atoms with Gasteiger partial charge in [-0.1, -0.05) is 0 Å². The topological polar surface area (TPSA) is 69.8 Å². The first-order valence-electron chi connectivity index (χ1n) is 6.83. The third-order valence-corrected chi connectivity index (χ3v) is 3.29. The molecule has 7 nitrogen and oxygen atoms in total. The number of rotatable bonds is 8. The highest BCUT2D eigenvalue weighted by atomic mass is 16.5. The molecule has 0 unspecified atom stereocenters. The van der Waals surface area contributed by atoms with Crippen LogP contribution in [0, 0.1) is 6.92 Å². The van der Waals surface area contributed by atoms with Gasteiger partial charge in [0.25, 0.3) is 0 Å². The summed E-state index contributed by atoms with van der Waals surface area (Å²) in [7, 11) is 1.70. The van der Waals surface area contributed by atoms with E-state index in [1.807, 2.05) is 15.6 Å². The molecule has 0 spiro atoms. The van der Waals surface area contributed by atoms with E-state index in [-0.39, 0.29) is 0 Å². The van der Waals surface area contributed by atoms with E-state index in [1.165, 1.54) is 5.56 Å². The summed E-state index contributed by atoms with van der Waals surface area (Å²) in [6.45, 7) is 7.96. The Labute approximate surface area is 119 Å². The second-order valence-electron chi connectivity index (χ2n) is 4.57. The molecule has 2 aromatic rings. The van der Waals surface area contributed by atoms with Crippen molar-refractivity contribution < 1.29 is 4.74 Å². The van der Waals surface area contributed by atoms with Crippen molar-refractivity contribution in [1.29, 1.82) is 0 Å². The number of hydrogen-bond acceptors (Lipinski definition) is 5. The quantitative estimate of drug-likeness (QED) is 0.716. The van der Waals surface area contributed by atoms with Crippen LogP contribution in [0.5, 0.6) is 0 Å². The molecule has 0 saturated carbocycles. The molecule has 0 amide bonds. The highest BCUT2D eigenvalue weighted by Crippen LogP contribution is 2.08. The van der Waals surface area contributed by atoms with Crippen LogP contribution in [0.15, 0.2) is 12.5 Å². The molecule has 0 atom stereocenters. The first-order chi connectivity index (χ1) is 9.76. The van der Waals surface area contributed by atoms with Crippen LogP contribution < -0.4 is 5.32 Å². The normalized spacial score (nSPS) is 11.2. The molecule has 0 radical (unpaired) electrons. The molecule has 7 heteroatoms. The number of hydrogen-bond donors (Lipinski definition) is 1. The summed E-state index contributed by atoms with van der Waals surface area (Å²) >= 11 is 0. The average Bonchev–Trinajstić information content (AvgIpc) is 3.04. The zero-order valence-corrected chi connectivity index (χ0v) is 12.3. The molecule has 0 aliphatic rings. The minimum Gasteiger partial charge on any atom is -0.383 e. The molecular weight excluding hydrogens is 256 g/mol. The summed E-state index contributed by atoms with van der Waals surface area (Å²) in [6, 6.07) is 0. The van der Waals surface area contributed by atoms with Crippen LogP contribution in [0.25, 0.3) is 0 Å². The Morgan fingerprint density at radius 1 is 1.30 bits per heavy atom. The summed E-state index contributed by atoms with van der Waals surface area (Å²) < 4.78 is 8.86. The molecule has 2 rings (SSSR count). The maximum absolute atomic E-state index is 5.01. The van der Waals surface area contributed by atoms with Crippen LogP contribution in [0.3, 0.4) is 0 Å². The van der Waals surface area contributed by atoms with Gasteiger partial charge in [0.15, 0.2) is 0 Å². The maximum Gasteiger partial charge on any atom is 0.148 e. The summed E-state index contributed by atoms with van der Waals surface area (Å²) in [5, 5.41) is 11.9. The second kappa shape index (κ2) is 7.16. The van der Waals surface area contributed by atoms with Gasteiger partial charge in [-0.05, 0) is 13.8 Å². The third-order valence-electron chi connectivity index (χ3n) is 3.29. The molecule has 2 heterocycles. The first-order valence-corrected chi connectivity index (χ1v) is 6.83. The molecule has 0 saturated heterocycles. The molecule has 0 aliphatic heterocycles. The van der Waals surface area contributed by atoms with E-state index in [9.17, 15) is 0 Å². The lowest BCUT2D eigenvalue weighted by atomic mass is 10.2. The van der Waals surface area contributed by atoms with Crippen LogP contribution in [-0.2, 0) is 24.4 Å². The number of nitrogens with zero attached hydrogens (tertiary/aromatic N) is 5. The fourth-order valence-corrected chi connectivity index (χ4v) is 2.02. The van der Waals surface area contributed by atoms with E-state index < -0.39 is 0 Å². The number of ether oxygens (including phenoxy) is 1. The SMILES string of the molecule is CCn1ncnc1Cn1ncc(CNCCOC)c1C. The molecule has 0 fully saturated rings. The fraction of sp³-hybridized carbons (Fsp3) is 0.615. The number of aryl methyl sites for hydroxylation is 1. The number of methoxy groups -OCH3 is 1. The van der Waals surface area contributed by atoms with E-state index in [4.69, 9.17) is 4.74 Å². The Morgan fingerprint density at radius 2 is 2.15 bits per heavy atom. The lowest BCUT2D eigenvalue weighted by molar-refractivity contribution is 0.199. The van der Waals surface area contributed by atoms with Crippen molar-refractivity contribution in [2.75, 3.05) is 20.3 Å². The fourth-order valence-electron chi connectivity index (χ4n) is 2.02. The highest BCUT2D eigenvalue weighted by molar-refractivity contribution is 5.16. The van der Waals surface area contributed by atoms with Gasteiger partial charge >= 0.3 is 0 Å². The van der Waals surface area contributed by atoms with Gasteiger partial charge in [0.1, 0.15) is 18.7 Å². The van der Waals surface area contributed by atoms with Crippen LogP contribution in [0.2, 0.25) is 0 Å². The molecule has 20 heavy (non-hydrogen) atoms. The Morgan fingerprint density at radius 3 is 2.90 bits per heavy atom. The van der Waals surface area contributed by atoms with Crippen LogP contribution in [0.4, 0.5) is 0 Å². The predicted octanol–water partition coefficient (Wildman–Crippen LogP) is 0.587. The minimum absolute atomic E-state index is 0.651. The summed E-state index contributed by atoms with van der Waals surface area (Å²) in [5.74, 6) is 0.928. The largest absolute Gasteiger partial charge is 0.383 e. The summed E-state index contributed by atoms with van der Waals surface area (Å²) in [6.07, 6.45) is 3.49. The van der Waals surface area contributed by atoms with E-state index in [0.717, 1.165) is 31.2 Å². The van der Waals surface area contributed by atoms with Gasteiger partial charge in [0, 0.05) is 38.0 Å². The van der Waals surface area contributed by atoms with Gasteiger partial charge in [0.05, 0.1) is 12.8 Å². The van der Waals surface area contributed by atoms with Gasteiger partial charge in [-0.2, -0.15) is 10.2 Å². The first kappa shape index (κ1) is 14.7. The molecule has 0 bridgehead atoms. The minimum atomic E-state index is 0.651. The molecule has 0 aromatic carbocycles. The van der Waals surface area contributed by atoms with Gasteiger partial charge in [-0.15, -0.1) is 0 Å². The van der Waals surface area contributed by atoms with Crippen LogP contribution >= 0.6 is 0 Å². The molecule has 2 aromatic heterocycles. The van der Waals surface area contributed by atoms with Crippen molar-refractivity contribution in [3.63, 3.8) is 0 Å².